The van der Waals surface area contributed by atoms with Gasteiger partial charge in [0.25, 0.3) is 0 Å². The van der Waals surface area contributed by atoms with Crippen LogP contribution in [0, 0.1) is 0 Å². The molecule has 0 saturated carbocycles. The molecule has 4 rings (SSSR count). The maximum atomic E-state index is 13.5. The Bertz CT molecular complexity index is 1150. The van der Waals surface area contributed by atoms with Gasteiger partial charge in [0.15, 0.2) is 5.78 Å². The van der Waals surface area contributed by atoms with E-state index in [9.17, 15) is 22.8 Å². The zero-order valence-electron chi connectivity index (χ0n) is 19.4. The van der Waals surface area contributed by atoms with Gasteiger partial charge < -0.3 is 14.8 Å². The van der Waals surface area contributed by atoms with Gasteiger partial charge in [0.05, 0.1) is 17.7 Å². The molecular weight excluding hydrogens is 479 g/mol. The monoisotopic (exact) mass is 505 g/mol. The summed E-state index contributed by atoms with van der Waals surface area (Å²) >= 11 is 1.58. The Hall–Kier alpha value is -2.91. The van der Waals surface area contributed by atoms with Crippen molar-refractivity contribution in [3.05, 3.63) is 80.3 Å². The fourth-order valence-electron chi connectivity index (χ4n) is 4.65. The Morgan fingerprint density at radius 3 is 2.51 bits per heavy atom. The molecule has 1 aromatic heterocycles. The van der Waals surface area contributed by atoms with Gasteiger partial charge in [-0.2, -0.15) is 13.2 Å². The van der Waals surface area contributed by atoms with Crippen LogP contribution in [-0.2, 0) is 25.2 Å². The van der Waals surface area contributed by atoms with Gasteiger partial charge >= 0.3 is 12.1 Å². The third-order valence-corrected chi connectivity index (χ3v) is 7.26. The first-order chi connectivity index (χ1) is 16.7. The molecule has 2 aromatic rings. The van der Waals surface area contributed by atoms with Crippen LogP contribution in [0.4, 0.5) is 13.2 Å². The molecule has 1 aliphatic carbocycles. The van der Waals surface area contributed by atoms with E-state index in [2.05, 4.69) is 5.32 Å². The van der Waals surface area contributed by atoms with Gasteiger partial charge in [0.1, 0.15) is 6.61 Å². The number of alkyl halides is 3. The molecule has 9 heteroatoms. The molecule has 5 nitrogen and oxygen atoms in total. The molecule has 186 valence electrons. The molecule has 2 atom stereocenters. The van der Waals surface area contributed by atoms with Crippen molar-refractivity contribution in [1.29, 1.82) is 0 Å². The SMILES string of the molecule is CCOCCOC(=O)C1=C(C)NC2=C(C(=O)C[C@H](c3cccs3)C2)[C@H]1c1ccc(C(F)(F)F)cc1. The van der Waals surface area contributed by atoms with Gasteiger partial charge in [-0.3, -0.25) is 4.79 Å². The molecular formula is C26H26F3NO4S. The number of hydrogen-bond acceptors (Lipinski definition) is 6. The first-order valence-corrected chi connectivity index (χ1v) is 12.3. The first kappa shape index (κ1) is 25.2. The van der Waals surface area contributed by atoms with Crippen LogP contribution in [0.3, 0.4) is 0 Å². The third kappa shape index (κ3) is 5.36. The summed E-state index contributed by atoms with van der Waals surface area (Å²) in [5.74, 6) is -1.56. The van der Waals surface area contributed by atoms with Crippen molar-refractivity contribution in [1.82, 2.24) is 5.32 Å². The number of allylic oxidation sites excluding steroid dienone is 3. The van der Waals surface area contributed by atoms with Crippen molar-refractivity contribution in [3.8, 4) is 0 Å². The number of esters is 1. The number of carbonyl (C=O) groups is 2. The standard InChI is InChI=1S/C26H26F3NO4S/c1-3-33-10-11-34-25(32)22-15(2)30-19-13-17(21-5-4-12-35-21)14-20(31)24(19)23(22)16-6-8-18(9-7-16)26(27,28)29/h4-9,12,17,23,30H,3,10-11,13-14H2,1-2H3/t17-,23+/m1/s1. The maximum absolute atomic E-state index is 13.5. The number of nitrogens with one attached hydrogen (secondary N) is 1. The third-order valence-electron chi connectivity index (χ3n) is 6.23. The molecule has 0 unspecified atom stereocenters. The van der Waals surface area contributed by atoms with E-state index < -0.39 is 23.6 Å². The zero-order chi connectivity index (χ0) is 25.2. The Kier molecular flexibility index (Phi) is 7.47. The number of dihydropyridines is 1. The van der Waals surface area contributed by atoms with E-state index in [1.165, 1.54) is 12.1 Å². The molecule has 0 spiro atoms. The van der Waals surface area contributed by atoms with Crippen LogP contribution in [0.15, 0.2) is 64.3 Å². The highest BCUT2D eigenvalue weighted by Crippen LogP contribution is 2.46. The summed E-state index contributed by atoms with van der Waals surface area (Å²) in [6, 6.07) is 8.56. The summed E-state index contributed by atoms with van der Waals surface area (Å²) in [5.41, 5.74) is 1.51. The van der Waals surface area contributed by atoms with Gasteiger partial charge in [0, 0.05) is 46.7 Å². The van der Waals surface area contributed by atoms with E-state index in [4.69, 9.17) is 9.47 Å². The second kappa shape index (κ2) is 10.4. The number of benzene rings is 1. The summed E-state index contributed by atoms with van der Waals surface area (Å²) in [6.07, 6.45) is -3.65. The average molecular weight is 506 g/mol. The van der Waals surface area contributed by atoms with Crippen LogP contribution in [-0.4, -0.2) is 31.6 Å². The van der Waals surface area contributed by atoms with Crippen molar-refractivity contribution in [2.75, 3.05) is 19.8 Å². The van der Waals surface area contributed by atoms with Gasteiger partial charge in [-0.05, 0) is 49.4 Å². The summed E-state index contributed by atoms with van der Waals surface area (Å²) in [7, 11) is 0. The number of halogens is 3. The van der Waals surface area contributed by atoms with Crippen LogP contribution >= 0.6 is 11.3 Å². The molecule has 0 saturated heterocycles. The van der Waals surface area contributed by atoms with Gasteiger partial charge in [-0.1, -0.05) is 18.2 Å². The highest BCUT2D eigenvalue weighted by atomic mass is 32.1. The molecule has 35 heavy (non-hydrogen) atoms. The van der Waals surface area contributed by atoms with Crippen molar-refractivity contribution in [3.63, 3.8) is 0 Å². The minimum Gasteiger partial charge on any atom is -0.460 e. The van der Waals surface area contributed by atoms with E-state index in [1.54, 1.807) is 18.3 Å². The minimum absolute atomic E-state index is 0.00880. The van der Waals surface area contributed by atoms with E-state index >= 15 is 0 Å². The Labute approximate surface area is 205 Å². The summed E-state index contributed by atoms with van der Waals surface area (Å²) in [6.45, 7) is 4.28. The fraction of sp³-hybridized carbons (Fsp3) is 0.385. The summed E-state index contributed by atoms with van der Waals surface area (Å²) in [5, 5.41) is 5.20. The van der Waals surface area contributed by atoms with Gasteiger partial charge in [-0.15, -0.1) is 11.3 Å². The lowest BCUT2D eigenvalue weighted by Crippen LogP contribution is -2.36. The molecule has 0 radical (unpaired) electrons. The van der Waals surface area contributed by atoms with Crippen LogP contribution in [0.5, 0.6) is 0 Å². The zero-order valence-corrected chi connectivity index (χ0v) is 20.2. The van der Waals surface area contributed by atoms with Crippen molar-refractivity contribution in [2.24, 2.45) is 0 Å². The van der Waals surface area contributed by atoms with Crippen molar-refractivity contribution >= 4 is 23.1 Å². The summed E-state index contributed by atoms with van der Waals surface area (Å²) < 4.78 is 50.1. The molecule has 1 N–H and O–H groups in total. The number of rotatable bonds is 7. The van der Waals surface area contributed by atoms with E-state index in [0.29, 0.717) is 35.6 Å². The first-order valence-electron chi connectivity index (χ1n) is 11.4. The fourth-order valence-corrected chi connectivity index (χ4v) is 5.48. The van der Waals surface area contributed by atoms with Gasteiger partial charge in [-0.25, -0.2) is 4.79 Å². The highest BCUT2D eigenvalue weighted by Gasteiger charge is 2.42. The average Bonchev–Trinajstić information content (AvgIpc) is 3.35. The maximum Gasteiger partial charge on any atom is 0.416 e. The number of ketones is 1. The van der Waals surface area contributed by atoms with Crippen LogP contribution in [0.25, 0.3) is 0 Å². The van der Waals surface area contributed by atoms with E-state index in [1.807, 2.05) is 24.4 Å². The smallest absolute Gasteiger partial charge is 0.416 e. The van der Waals surface area contributed by atoms with Crippen LogP contribution in [0.1, 0.15) is 54.5 Å². The van der Waals surface area contributed by atoms with Gasteiger partial charge in [0.2, 0.25) is 0 Å². The topological polar surface area (TPSA) is 64.6 Å². The molecule has 2 aliphatic rings. The molecule has 0 bridgehead atoms. The molecule has 1 aliphatic heterocycles. The lowest BCUT2D eigenvalue weighted by molar-refractivity contribution is -0.141. The quantitative estimate of drug-likeness (QED) is 0.386. The number of Topliss-reactive ketones (excluding diaryl/α,β-unsaturated/α-hetero) is 1. The lowest BCUT2D eigenvalue weighted by Gasteiger charge is -2.36. The Morgan fingerprint density at radius 1 is 1.14 bits per heavy atom. The largest absolute Gasteiger partial charge is 0.460 e. The number of hydrogen-bond donors (Lipinski definition) is 1. The second-order valence-corrected chi connectivity index (χ2v) is 9.46. The predicted octanol–water partition coefficient (Wildman–Crippen LogP) is 5.71. The normalized spacial score (nSPS) is 20.5. The van der Waals surface area contributed by atoms with Crippen LogP contribution in [0.2, 0.25) is 0 Å². The highest BCUT2D eigenvalue weighted by molar-refractivity contribution is 7.10. The number of carbonyl (C=O) groups excluding carboxylic acids is 2. The van der Waals surface area contributed by atoms with E-state index in [-0.39, 0.29) is 36.9 Å². The van der Waals surface area contributed by atoms with E-state index in [0.717, 1.165) is 17.0 Å². The molecule has 0 fully saturated rings. The Balaban J connectivity index is 1.73. The molecule has 2 heterocycles. The summed E-state index contributed by atoms with van der Waals surface area (Å²) in [4.78, 5) is 27.7. The predicted molar refractivity (Wildman–Crippen MR) is 126 cm³/mol. The number of ether oxygens (including phenoxy) is 2. The minimum atomic E-state index is -4.49. The number of thiophene rings is 1. The Morgan fingerprint density at radius 2 is 1.89 bits per heavy atom. The van der Waals surface area contributed by atoms with Crippen molar-refractivity contribution in [2.45, 2.75) is 44.7 Å². The molecule has 1 aromatic carbocycles. The molecule has 0 amide bonds. The van der Waals surface area contributed by atoms with Crippen LogP contribution < -0.4 is 5.32 Å². The lowest BCUT2D eigenvalue weighted by atomic mass is 9.72. The second-order valence-electron chi connectivity index (χ2n) is 8.49. The van der Waals surface area contributed by atoms with Crippen molar-refractivity contribution < 1.29 is 32.2 Å².